The number of aryl methyl sites for hydroxylation is 1. The van der Waals surface area contributed by atoms with Crippen LogP contribution in [0, 0.1) is 12.7 Å². The predicted octanol–water partition coefficient (Wildman–Crippen LogP) is 4.06. The van der Waals surface area contributed by atoms with Crippen LogP contribution in [-0.4, -0.2) is 0 Å². The number of benzene rings is 2. The molecule has 0 saturated carbocycles. The van der Waals surface area contributed by atoms with Crippen molar-refractivity contribution in [2.24, 2.45) is 0 Å². The fourth-order valence-electron chi connectivity index (χ4n) is 1.57. The molecule has 0 radical (unpaired) electrons. The largest absolute Gasteiger partial charge is 0.487 e. The number of hydrogen-bond donors (Lipinski definition) is 1. The first-order valence-electron chi connectivity index (χ1n) is 5.50. The van der Waals surface area contributed by atoms with Crippen molar-refractivity contribution in [3.63, 3.8) is 0 Å². The van der Waals surface area contributed by atoms with Crippen LogP contribution in [0.4, 0.5) is 10.1 Å². The average molecular weight is 310 g/mol. The average Bonchev–Trinajstić information content (AvgIpc) is 2.34. The van der Waals surface area contributed by atoms with E-state index >= 15 is 0 Å². The molecule has 0 amide bonds. The predicted molar refractivity (Wildman–Crippen MR) is 74.0 cm³/mol. The Morgan fingerprint density at radius 2 is 2.00 bits per heavy atom. The molecule has 0 unspecified atom stereocenters. The van der Waals surface area contributed by atoms with Gasteiger partial charge in [-0.2, -0.15) is 0 Å². The lowest BCUT2D eigenvalue weighted by Gasteiger charge is -2.11. The van der Waals surface area contributed by atoms with Gasteiger partial charge in [0.25, 0.3) is 0 Å². The number of hydrogen-bond acceptors (Lipinski definition) is 2. The Morgan fingerprint density at radius 1 is 1.28 bits per heavy atom. The van der Waals surface area contributed by atoms with Crippen molar-refractivity contribution in [3.8, 4) is 5.75 Å². The van der Waals surface area contributed by atoms with E-state index in [1.807, 2.05) is 24.3 Å². The van der Waals surface area contributed by atoms with Gasteiger partial charge in [0, 0.05) is 16.1 Å². The summed E-state index contributed by atoms with van der Waals surface area (Å²) >= 11 is 3.44. The number of nitrogens with two attached hydrogens (primary N) is 1. The van der Waals surface area contributed by atoms with Crippen LogP contribution in [0.3, 0.4) is 0 Å². The van der Waals surface area contributed by atoms with Crippen LogP contribution in [-0.2, 0) is 6.61 Å². The van der Waals surface area contributed by atoms with Crippen molar-refractivity contribution in [2.75, 3.05) is 5.73 Å². The van der Waals surface area contributed by atoms with E-state index in [0.717, 1.165) is 10.0 Å². The lowest BCUT2D eigenvalue weighted by atomic mass is 10.2. The summed E-state index contributed by atoms with van der Waals surface area (Å²) in [4.78, 5) is 0. The number of halogens is 2. The molecule has 0 atom stereocenters. The third-order valence-corrected chi connectivity index (χ3v) is 3.41. The van der Waals surface area contributed by atoms with Crippen molar-refractivity contribution in [1.29, 1.82) is 0 Å². The van der Waals surface area contributed by atoms with E-state index < -0.39 is 0 Å². The van der Waals surface area contributed by atoms with Crippen LogP contribution >= 0.6 is 15.9 Å². The Bertz CT molecular complexity index is 572. The molecule has 2 aromatic carbocycles. The number of nitrogen functional groups attached to an aromatic ring is 1. The third kappa shape index (κ3) is 2.82. The molecule has 0 aliphatic rings. The van der Waals surface area contributed by atoms with Gasteiger partial charge in [-0.25, -0.2) is 4.39 Å². The standard InChI is InChI=1S/C14H13BrFNO/c1-9-6-14(13(17)7-12(9)16)18-8-10-4-2-3-5-11(10)15/h2-7H,8,17H2,1H3. The van der Waals surface area contributed by atoms with Crippen molar-refractivity contribution in [3.05, 3.63) is 57.8 Å². The molecule has 0 bridgehead atoms. The minimum absolute atomic E-state index is 0.310. The number of rotatable bonds is 3. The zero-order valence-electron chi connectivity index (χ0n) is 9.91. The van der Waals surface area contributed by atoms with Gasteiger partial charge >= 0.3 is 0 Å². The molecule has 0 aliphatic carbocycles. The van der Waals surface area contributed by atoms with Crippen molar-refractivity contribution in [2.45, 2.75) is 13.5 Å². The highest BCUT2D eigenvalue weighted by molar-refractivity contribution is 9.10. The highest BCUT2D eigenvalue weighted by Crippen LogP contribution is 2.26. The molecular weight excluding hydrogens is 297 g/mol. The molecule has 0 saturated heterocycles. The second-order valence-electron chi connectivity index (χ2n) is 4.02. The Labute approximate surface area is 114 Å². The monoisotopic (exact) mass is 309 g/mol. The third-order valence-electron chi connectivity index (χ3n) is 2.63. The molecule has 0 spiro atoms. The topological polar surface area (TPSA) is 35.2 Å². The van der Waals surface area contributed by atoms with E-state index in [2.05, 4.69) is 15.9 Å². The number of anilines is 1. The molecule has 2 aromatic rings. The zero-order chi connectivity index (χ0) is 13.1. The van der Waals surface area contributed by atoms with Crippen LogP contribution in [0.2, 0.25) is 0 Å². The van der Waals surface area contributed by atoms with Crippen molar-refractivity contribution >= 4 is 21.6 Å². The molecule has 94 valence electrons. The van der Waals surface area contributed by atoms with Gasteiger partial charge in [0.2, 0.25) is 0 Å². The van der Waals surface area contributed by atoms with Gasteiger partial charge in [-0.05, 0) is 24.6 Å². The zero-order valence-corrected chi connectivity index (χ0v) is 11.5. The summed E-state index contributed by atoms with van der Waals surface area (Å²) < 4.78 is 19.8. The van der Waals surface area contributed by atoms with Crippen LogP contribution in [0.5, 0.6) is 5.75 Å². The van der Waals surface area contributed by atoms with Gasteiger partial charge < -0.3 is 10.5 Å². The summed E-state index contributed by atoms with van der Waals surface area (Å²) in [7, 11) is 0. The maximum absolute atomic E-state index is 13.2. The molecule has 2 rings (SSSR count). The smallest absolute Gasteiger partial charge is 0.143 e. The SMILES string of the molecule is Cc1cc(OCc2ccccc2Br)c(N)cc1F. The Balaban J connectivity index is 2.16. The molecule has 18 heavy (non-hydrogen) atoms. The molecule has 2 N–H and O–H groups in total. The van der Waals surface area contributed by atoms with Crippen LogP contribution in [0.1, 0.15) is 11.1 Å². The Kier molecular flexibility index (Phi) is 3.87. The van der Waals surface area contributed by atoms with E-state index in [0.29, 0.717) is 23.6 Å². The molecule has 0 fully saturated rings. The van der Waals surface area contributed by atoms with E-state index in [9.17, 15) is 4.39 Å². The number of ether oxygens (including phenoxy) is 1. The van der Waals surface area contributed by atoms with Crippen LogP contribution in [0.25, 0.3) is 0 Å². The summed E-state index contributed by atoms with van der Waals surface area (Å²) in [6.45, 7) is 2.07. The first-order valence-corrected chi connectivity index (χ1v) is 6.29. The molecular formula is C14H13BrFNO. The molecule has 0 heterocycles. The summed E-state index contributed by atoms with van der Waals surface area (Å²) in [5.41, 5.74) is 7.56. The van der Waals surface area contributed by atoms with Gasteiger partial charge in [0.05, 0.1) is 5.69 Å². The van der Waals surface area contributed by atoms with Crippen LogP contribution in [0.15, 0.2) is 40.9 Å². The lowest BCUT2D eigenvalue weighted by Crippen LogP contribution is -2.00. The van der Waals surface area contributed by atoms with E-state index in [-0.39, 0.29) is 5.82 Å². The normalized spacial score (nSPS) is 10.4. The summed E-state index contributed by atoms with van der Waals surface area (Å²) in [6.07, 6.45) is 0. The summed E-state index contributed by atoms with van der Waals surface area (Å²) in [6, 6.07) is 10.7. The quantitative estimate of drug-likeness (QED) is 0.868. The van der Waals surface area contributed by atoms with Gasteiger partial charge in [-0.15, -0.1) is 0 Å². The second kappa shape index (κ2) is 5.40. The van der Waals surface area contributed by atoms with Gasteiger partial charge in [-0.3, -0.25) is 0 Å². The van der Waals surface area contributed by atoms with Gasteiger partial charge in [0.1, 0.15) is 18.2 Å². The maximum atomic E-state index is 13.2. The van der Waals surface area contributed by atoms with Gasteiger partial charge in [-0.1, -0.05) is 34.1 Å². The van der Waals surface area contributed by atoms with E-state index in [1.165, 1.54) is 6.07 Å². The minimum atomic E-state index is -0.319. The van der Waals surface area contributed by atoms with Crippen molar-refractivity contribution < 1.29 is 9.13 Å². The van der Waals surface area contributed by atoms with E-state index in [1.54, 1.807) is 13.0 Å². The summed E-state index contributed by atoms with van der Waals surface area (Å²) in [5.74, 6) is 0.186. The summed E-state index contributed by atoms with van der Waals surface area (Å²) in [5, 5.41) is 0. The Hall–Kier alpha value is -1.55. The lowest BCUT2D eigenvalue weighted by molar-refractivity contribution is 0.306. The van der Waals surface area contributed by atoms with Crippen LogP contribution < -0.4 is 10.5 Å². The second-order valence-corrected chi connectivity index (χ2v) is 4.87. The van der Waals surface area contributed by atoms with E-state index in [4.69, 9.17) is 10.5 Å². The molecule has 0 aromatic heterocycles. The molecule has 4 heteroatoms. The highest BCUT2D eigenvalue weighted by Gasteiger charge is 2.07. The Morgan fingerprint density at radius 3 is 2.72 bits per heavy atom. The minimum Gasteiger partial charge on any atom is -0.487 e. The fourth-order valence-corrected chi connectivity index (χ4v) is 1.97. The van der Waals surface area contributed by atoms with Gasteiger partial charge in [0.15, 0.2) is 0 Å². The first kappa shape index (κ1) is 12.9. The fraction of sp³-hybridized carbons (Fsp3) is 0.143. The molecule has 2 nitrogen and oxygen atoms in total. The maximum Gasteiger partial charge on any atom is 0.143 e. The molecule has 0 aliphatic heterocycles. The first-order chi connectivity index (χ1) is 8.58. The highest BCUT2D eigenvalue weighted by atomic mass is 79.9. The van der Waals surface area contributed by atoms with Crippen molar-refractivity contribution in [1.82, 2.24) is 0 Å².